The Morgan fingerprint density at radius 1 is 0.392 bits per heavy atom. The van der Waals surface area contributed by atoms with Gasteiger partial charge in [0.15, 0.2) is 6.10 Å². The van der Waals surface area contributed by atoms with E-state index in [0.717, 1.165) is 109 Å². The van der Waals surface area contributed by atoms with Gasteiger partial charge in [-0.3, -0.25) is 23.4 Å². The van der Waals surface area contributed by atoms with E-state index in [9.17, 15) is 28.9 Å². The second-order valence-electron chi connectivity index (χ2n) is 19.8. The maximum absolute atomic E-state index is 12.9. The molecule has 0 heterocycles. The maximum atomic E-state index is 12.9. The number of esters is 3. The molecule has 12 heteroatoms. The molecule has 74 heavy (non-hydrogen) atoms. The molecule has 0 amide bonds. The van der Waals surface area contributed by atoms with Gasteiger partial charge in [0.1, 0.15) is 12.7 Å². The number of hydrogen-bond donors (Lipinski definition) is 2. The third kappa shape index (κ3) is 53.7. The molecule has 0 fully saturated rings. The molecule has 0 saturated heterocycles. The van der Waals surface area contributed by atoms with Crippen molar-refractivity contribution in [2.75, 3.05) is 26.4 Å². The first-order valence-electron chi connectivity index (χ1n) is 29.8. The van der Waals surface area contributed by atoms with E-state index in [-0.39, 0.29) is 25.9 Å². The number of phosphoric ester groups is 1. The average molecular weight is 1060 g/mol. The normalized spacial score (nSPS) is 13.9. The van der Waals surface area contributed by atoms with Crippen molar-refractivity contribution in [1.29, 1.82) is 0 Å². The van der Waals surface area contributed by atoms with E-state index in [2.05, 4.69) is 93.7 Å². The molecule has 0 aromatic rings. The average Bonchev–Trinajstić information content (AvgIpc) is 3.39. The van der Waals surface area contributed by atoms with Crippen LogP contribution >= 0.6 is 7.82 Å². The Labute approximate surface area is 452 Å². The molecule has 3 unspecified atom stereocenters. The number of phosphoric acid groups is 1. The molecule has 0 aromatic carbocycles. The lowest BCUT2D eigenvalue weighted by atomic mass is 10.1. The third-order valence-corrected chi connectivity index (χ3v) is 13.5. The van der Waals surface area contributed by atoms with Crippen molar-refractivity contribution in [2.24, 2.45) is 0 Å². The molecule has 0 bridgehead atoms. The molecule has 0 aliphatic heterocycles. The lowest BCUT2D eigenvalue weighted by molar-refractivity contribution is -0.161. The fourth-order valence-corrected chi connectivity index (χ4v) is 8.81. The summed E-state index contributed by atoms with van der Waals surface area (Å²) in [5, 5.41) is 9.80. The number of ether oxygens (including phenoxy) is 3. The van der Waals surface area contributed by atoms with Crippen LogP contribution in [0.2, 0.25) is 0 Å². The molecule has 0 spiro atoms. The monoisotopic (exact) mass is 1060 g/mol. The van der Waals surface area contributed by atoms with Crippen LogP contribution < -0.4 is 0 Å². The van der Waals surface area contributed by atoms with Crippen LogP contribution in [0.15, 0.2) is 72.9 Å². The highest BCUT2D eigenvalue weighted by atomic mass is 31.2. The van der Waals surface area contributed by atoms with E-state index in [1.165, 1.54) is 96.3 Å². The van der Waals surface area contributed by atoms with Crippen molar-refractivity contribution in [3.05, 3.63) is 72.9 Å². The van der Waals surface area contributed by atoms with Crippen molar-refractivity contribution < 1.29 is 52.2 Å². The molecule has 0 aliphatic carbocycles. The quantitative estimate of drug-likeness (QED) is 0.0197. The van der Waals surface area contributed by atoms with Crippen LogP contribution in [0.4, 0.5) is 0 Å². The predicted molar refractivity (Wildman–Crippen MR) is 307 cm³/mol. The molecular weight excluding hydrogens is 952 g/mol. The number of aliphatic hydroxyl groups is 1. The Morgan fingerprint density at radius 3 is 1.14 bits per heavy atom. The van der Waals surface area contributed by atoms with Gasteiger partial charge in [-0.05, 0) is 103 Å². The Kier molecular flexibility index (Phi) is 53.8. The summed E-state index contributed by atoms with van der Waals surface area (Å²) in [5.41, 5.74) is 0. The molecule has 0 aliphatic rings. The number of aliphatic hydroxyl groups excluding tert-OH is 1. The van der Waals surface area contributed by atoms with Gasteiger partial charge in [-0.25, -0.2) is 4.57 Å². The summed E-state index contributed by atoms with van der Waals surface area (Å²) in [7, 11) is -4.76. The van der Waals surface area contributed by atoms with Gasteiger partial charge in [0.2, 0.25) is 0 Å². The first-order valence-corrected chi connectivity index (χ1v) is 31.3. The Bertz CT molecular complexity index is 1520. The molecule has 0 saturated carbocycles. The fraction of sp³-hybridized carbons (Fsp3) is 0.758. The zero-order valence-electron chi connectivity index (χ0n) is 47.3. The largest absolute Gasteiger partial charge is 0.472 e. The van der Waals surface area contributed by atoms with Crippen LogP contribution in [-0.4, -0.2) is 66.5 Å². The van der Waals surface area contributed by atoms with Crippen LogP contribution in [0.25, 0.3) is 0 Å². The fourth-order valence-electron chi connectivity index (χ4n) is 8.03. The zero-order chi connectivity index (χ0) is 54.1. The number of unbranched alkanes of at least 4 members (excludes halogenated alkanes) is 26. The second-order valence-corrected chi connectivity index (χ2v) is 21.2. The minimum Gasteiger partial charge on any atom is -0.462 e. The van der Waals surface area contributed by atoms with Crippen molar-refractivity contribution in [3.8, 4) is 0 Å². The van der Waals surface area contributed by atoms with Crippen LogP contribution in [0, 0.1) is 0 Å². The van der Waals surface area contributed by atoms with Crippen LogP contribution in [0.3, 0.4) is 0 Å². The number of allylic oxidation sites excluding steroid dienone is 12. The Balaban J connectivity index is 4.75. The van der Waals surface area contributed by atoms with E-state index in [0.29, 0.717) is 19.3 Å². The number of rotatable bonds is 55. The van der Waals surface area contributed by atoms with E-state index in [1.807, 2.05) is 0 Å². The van der Waals surface area contributed by atoms with Gasteiger partial charge < -0.3 is 24.2 Å². The summed E-state index contributed by atoms with van der Waals surface area (Å²) in [6.07, 6.45) is 62.9. The summed E-state index contributed by atoms with van der Waals surface area (Å²) in [5.74, 6) is -1.50. The molecule has 0 rings (SSSR count). The molecule has 2 N–H and O–H groups in total. The van der Waals surface area contributed by atoms with Crippen LogP contribution in [0.5, 0.6) is 0 Å². The van der Waals surface area contributed by atoms with Gasteiger partial charge in [-0.1, -0.05) is 216 Å². The Morgan fingerprint density at radius 2 is 0.716 bits per heavy atom. The van der Waals surface area contributed by atoms with Crippen molar-refractivity contribution in [3.63, 3.8) is 0 Å². The van der Waals surface area contributed by atoms with Crippen molar-refractivity contribution >= 4 is 25.7 Å². The SMILES string of the molecule is CC/C=C\C/C=C\C/C=C\C/C=C\CCCCCCC(=O)OCC(COP(=O)(O)OCC(CO)OC(=O)CCCCCCC/C=C\CCCC)OC(=O)CCCCCCCCCCC/C=C\CCCCCCCC. The molecule has 0 aromatic heterocycles. The van der Waals surface area contributed by atoms with Crippen molar-refractivity contribution in [1.82, 2.24) is 0 Å². The van der Waals surface area contributed by atoms with Gasteiger partial charge >= 0.3 is 25.7 Å². The zero-order valence-corrected chi connectivity index (χ0v) is 48.2. The van der Waals surface area contributed by atoms with Crippen LogP contribution in [-0.2, 0) is 42.2 Å². The standard InChI is InChI=1S/C62H109O11P/c1-4-7-10-13-16-19-22-24-26-28-29-31-33-35-38-41-44-47-50-53-62(66)73-59(55-69-60(64)51-48-45-42-39-37-34-32-30-27-25-23-20-17-14-11-8-5-2)57-71-74(67,68)70-56-58(54-63)72-61(65)52-49-46-43-40-36-21-18-15-12-9-6-3/h8,11,15,17-18,20,24-27,32,34,58-59,63H,4-7,9-10,12-14,16,19,21-23,28-31,33,35-57H2,1-3H3,(H,67,68)/b11-8-,18-15-,20-17-,26-24-,27-25-,34-32-. The maximum Gasteiger partial charge on any atom is 0.472 e. The van der Waals surface area contributed by atoms with Crippen molar-refractivity contribution in [2.45, 2.75) is 277 Å². The van der Waals surface area contributed by atoms with Gasteiger partial charge in [0.05, 0.1) is 19.8 Å². The summed E-state index contributed by atoms with van der Waals surface area (Å²) in [6.45, 7) is 4.47. The predicted octanol–water partition coefficient (Wildman–Crippen LogP) is 17.7. The summed E-state index contributed by atoms with van der Waals surface area (Å²) >= 11 is 0. The van der Waals surface area contributed by atoms with E-state index >= 15 is 0 Å². The lowest BCUT2D eigenvalue weighted by Crippen LogP contribution is -2.30. The molecule has 11 nitrogen and oxygen atoms in total. The lowest BCUT2D eigenvalue weighted by Gasteiger charge is -2.21. The number of hydrogen-bond acceptors (Lipinski definition) is 10. The third-order valence-electron chi connectivity index (χ3n) is 12.6. The molecule has 3 atom stereocenters. The minimum absolute atomic E-state index is 0.158. The van der Waals surface area contributed by atoms with Gasteiger partial charge in [0.25, 0.3) is 0 Å². The summed E-state index contributed by atoms with van der Waals surface area (Å²) in [6, 6.07) is 0. The molecular formula is C62H109O11P. The second kappa shape index (κ2) is 56.1. The first kappa shape index (κ1) is 70.9. The van der Waals surface area contributed by atoms with E-state index in [4.69, 9.17) is 23.3 Å². The highest BCUT2D eigenvalue weighted by molar-refractivity contribution is 7.47. The summed E-state index contributed by atoms with van der Waals surface area (Å²) < 4.78 is 39.5. The van der Waals surface area contributed by atoms with Gasteiger partial charge in [-0.2, -0.15) is 0 Å². The number of carbonyl (C=O) groups excluding carboxylic acids is 3. The van der Waals surface area contributed by atoms with Crippen LogP contribution in [0.1, 0.15) is 265 Å². The first-order chi connectivity index (χ1) is 36.2. The Hall–Kier alpha value is -3.08. The van der Waals surface area contributed by atoms with Gasteiger partial charge in [0, 0.05) is 19.3 Å². The smallest absolute Gasteiger partial charge is 0.462 e. The number of carbonyl (C=O) groups is 3. The topological polar surface area (TPSA) is 155 Å². The highest BCUT2D eigenvalue weighted by Crippen LogP contribution is 2.43. The molecule has 0 radical (unpaired) electrons. The van der Waals surface area contributed by atoms with Gasteiger partial charge in [-0.15, -0.1) is 0 Å². The molecule has 428 valence electrons. The highest BCUT2D eigenvalue weighted by Gasteiger charge is 2.28. The summed E-state index contributed by atoms with van der Waals surface area (Å²) in [4.78, 5) is 48.6. The minimum atomic E-state index is -4.76. The van der Waals surface area contributed by atoms with E-state index < -0.39 is 57.8 Å². The van der Waals surface area contributed by atoms with E-state index in [1.54, 1.807) is 0 Å².